The van der Waals surface area contributed by atoms with E-state index < -0.39 is 74.5 Å². The molecule has 2 saturated heterocycles. The first-order valence-corrected chi connectivity index (χ1v) is 12.6. The summed E-state index contributed by atoms with van der Waals surface area (Å²) in [5, 5.41) is 52.6. The fourth-order valence-electron chi connectivity index (χ4n) is 4.29. The van der Waals surface area contributed by atoms with Crippen LogP contribution in [0.5, 0.6) is 23.0 Å². The highest BCUT2D eigenvalue weighted by molar-refractivity contribution is 5.90. The van der Waals surface area contributed by atoms with E-state index in [4.69, 9.17) is 37.9 Å². The second-order valence-corrected chi connectivity index (χ2v) is 9.52. The molecule has 0 bridgehead atoms. The van der Waals surface area contributed by atoms with E-state index in [-0.39, 0.29) is 5.56 Å². The molecule has 2 aromatic rings. The van der Waals surface area contributed by atoms with E-state index in [0.29, 0.717) is 23.0 Å². The highest BCUT2D eigenvalue weighted by Crippen LogP contribution is 2.31. The van der Waals surface area contributed by atoms with Gasteiger partial charge in [-0.25, -0.2) is 4.79 Å². The average molecular weight is 583 g/mol. The molecule has 2 aromatic carbocycles. The molecule has 14 heteroatoms. The van der Waals surface area contributed by atoms with Crippen molar-refractivity contribution in [3.05, 3.63) is 48.0 Å². The standard InChI is InChI=1S/C27H34O14/c1-34-15-5-7-16(8-6-15)40-25-22(30)21(29)20(28)19(41-25)11-37-26-23(31)27(33,13-39-26)12-38-24(32)14-4-9-17(35-2)18(10-14)36-3/h4-10,19-23,25-26,28-31,33H,11-13H2,1-3H3. The summed E-state index contributed by atoms with van der Waals surface area (Å²) < 4.78 is 42.7. The molecule has 0 radical (unpaired) electrons. The number of ether oxygens (including phenoxy) is 8. The lowest BCUT2D eigenvalue weighted by atomic mass is 9.99. The number of aliphatic hydroxyl groups is 5. The molecule has 5 N–H and O–H groups in total. The summed E-state index contributed by atoms with van der Waals surface area (Å²) in [6, 6.07) is 10.8. The van der Waals surface area contributed by atoms with Crippen molar-refractivity contribution in [2.45, 2.75) is 48.7 Å². The van der Waals surface area contributed by atoms with Crippen LogP contribution in [0.25, 0.3) is 0 Å². The number of aliphatic hydroxyl groups excluding tert-OH is 4. The SMILES string of the molecule is COc1ccc(OC2OC(COC3OCC(O)(COC(=O)c4ccc(OC)c(OC)c4)C3O)C(O)C(O)C2O)cc1. The van der Waals surface area contributed by atoms with Crippen molar-refractivity contribution < 1.29 is 68.2 Å². The Balaban J connectivity index is 1.32. The van der Waals surface area contributed by atoms with E-state index in [1.165, 1.54) is 39.5 Å². The van der Waals surface area contributed by atoms with E-state index >= 15 is 0 Å². The van der Waals surface area contributed by atoms with Crippen molar-refractivity contribution in [2.24, 2.45) is 0 Å². The maximum absolute atomic E-state index is 12.5. The fourth-order valence-corrected chi connectivity index (χ4v) is 4.29. The highest BCUT2D eigenvalue weighted by Gasteiger charge is 2.51. The molecule has 2 aliphatic rings. The van der Waals surface area contributed by atoms with E-state index in [1.807, 2.05) is 0 Å². The molecule has 0 aliphatic carbocycles. The number of esters is 1. The zero-order chi connectivity index (χ0) is 29.7. The van der Waals surface area contributed by atoms with Crippen LogP contribution in [-0.2, 0) is 18.9 Å². The molecule has 0 amide bonds. The predicted molar refractivity (Wildman–Crippen MR) is 137 cm³/mol. The first-order valence-electron chi connectivity index (χ1n) is 12.6. The Morgan fingerprint density at radius 2 is 1.56 bits per heavy atom. The van der Waals surface area contributed by atoms with Gasteiger partial charge >= 0.3 is 5.97 Å². The Bertz CT molecular complexity index is 1160. The fraction of sp³-hybridized carbons (Fsp3) is 0.519. The second-order valence-electron chi connectivity index (χ2n) is 9.52. The molecule has 0 aromatic heterocycles. The second kappa shape index (κ2) is 13.2. The van der Waals surface area contributed by atoms with E-state index in [9.17, 15) is 30.3 Å². The smallest absolute Gasteiger partial charge is 0.338 e. The highest BCUT2D eigenvalue weighted by atomic mass is 16.7. The van der Waals surface area contributed by atoms with Crippen molar-refractivity contribution in [1.82, 2.24) is 0 Å². The Labute approximate surface area is 235 Å². The van der Waals surface area contributed by atoms with Crippen LogP contribution in [-0.4, -0.2) is 121 Å². The summed E-state index contributed by atoms with van der Waals surface area (Å²) in [6.45, 7) is -1.47. The third-order valence-electron chi connectivity index (χ3n) is 6.78. The predicted octanol–water partition coefficient (Wildman–Crippen LogP) is -0.779. The first kappa shape index (κ1) is 30.7. The van der Waals surface area contributed by atoms with Crippen molar-refractivity contribution in [3.63, 3.8) is 0 Å². The maximum Gasteiger partial charge on any atom is 0.338 e. The number of methoxy groups -OCH3 is 3. The van der Waals surface area contributed by atoms with Crippen LogP contribution in [0.15, 0.2) is 42.5 Å². The van der Waals surface area contributed by atoms with Gasteiger partial charge in [0.15, 0.2) is 23.4 Å². The Morgan fingerprint density at radius 3 is 2.22 bits per heavy atom. The van der Waals surface area contributed by atoms with Crippen LogP contribution in [0.3, 0.4) is 0 Å². The van der Waals surface area contributed by atoms with E-state index in [0.717, 1.165) is 0 Å². The number of rotatable bonds is 11. The molecule has 4 rings (SSSR count). The van der Waals surface area contributed by atoms with Gasteiger partial charge in [0, 0.05) is 0 Å². The molecule has 8 atom stereocenters. The monoisotopic (exact) mass is 582 g/mol. The Kier molecular flexibility index (Phi) is 9.88. The lowest BCUT2D eigenvalue weighted by Crippen LogP contribution is -2.60. The third kappa shape index (κ3) is 6.82. The molecule has 226 valence electrons. The largest absolute Gasteiger partial charge is 0.497 e. The molecular formula is C27H34O14. The molecule has 2 heterocycles. The van der Waals surface area contributed by atoms with Gasteiger partial charge in [0.05, 0.1) is 40.1 Å². The lowest BCUT2D eigenvalue weighted by molar-refractivity contribution is -0.289. The summed E-state index contributed by atoms with van der Waals surface area (Å²) in [6.07, 6.45) is -10.4. The number of benzene rings is 2. The van der Waals surface area contributed by atoms with Crippen LogP contribution in [0, 0.1) is 0 Å². The molecule has 0 spiro atoms. The van der Waals surface area contributed by atoms with Gasteiger partial charge in [-0.15, -0.1) is 0 Å². The number of hydrogen-bond acceptors (Lipinski definition) is 14. The van der Waals surface area contributed by atoms with E-state index in [2.05, 4.69) is 0 Å². The van der Waals surface area contributed by atoms with Crippen LogP contribution in [0.4, 0.5) is 0 Å². The Morgan fingerprint density at radius 1 is 0.878 bits per heavy atom. The van der Waals surface area contributed by atoms with Crippen molar-refractivity contribution >= 4 is 5.97 Å². The van der Waals surface area contributed by atoms with Crippen LogP contribution < -0.4 is 18.9 Å². The molecule has 14 nitrogen and oxygen atoms in total. The van der Waals surface area contributed by atoms with Crippen LogP contribution >= 0.6 is 0 Å². The summed E-state index contributed by atoms with van der Waals surface area (Å²) >= 11 is 0. The normalized spacial score (nSPS) is 31.4. The molecule has 2 fully saturated rings. The topological polar surface area (TPSA) is 192 Å². The average Bonchev–Trinajstić information content (AvgIpc) is 3.28. The van der Waals surface area contributed by atoms with Crippen LogP contribution in [0.2, 0.25) is 0 Å². The number of hydrogen-bond donors (Lipinski definition) is 5. The van der Waals surface area contributed by atoms with Gasteiger partial charge in [0.2, 0.25) is 6.29 Å². The van der Waals surface area contributed by atoms with Crippen LogP contribution in [0.1, 0.15) is 10.4 Å². The first-order chi connectivity index (χ1) is 19.6. The summed E-state index contributed by atoms with van der Waals surface area (Å²) in [7, 11) is 4.37. The van der Waals surface area contributed by atoms with Crippen molar-refractivity contribution in [2.75, 3.05) is 41.2 Å². The van der Waals surface area contributed by atoms with Gasteiger partial charge in [0.1, 0.15) is 48.6 Å². The number of carbonyl (C=O) groups excluding carboxylic acids is 1. The molecule has 0 saturated carbocycles. The summed E-state index contributed by atoms with van der Waals surface area (Å²) in [5.74, 6) is 0.815. The summed E-state index contributed by atoms with van der Waals surface area (Å²) in [5.41, 5.74) is -1.87. The van der Waals surface area contributed by atoms with Gasteiger partial charge < -0.3 is 63.4 Å². The van der Waals surface area contributed by atoms with Gasteiger partial charge in [-0.1, -0.05) is 0 Å². The quantitative estimate of drug-likeness (QED) is 0.207. The summed E-state index contributed by atoms with van der Waals surface area (Å²) in [4.78, 5) is 12.5. The molecule has 2 aliphatic heterocycles. The van der Waals surface area contributed by atoms with Crippen molar-refractivity contribution in [3.8, 4) is 23.0 Å². The zero-order valence-corrected chi connectivity index (χ0v) is 22.6. The third-order valence-corrected chi connectivity index (χ3v) is 6.78. The minimum Gasteiger partial charge on any atom is -0.497 e. The lowest BCUT2D eigenvalue weighted by Gasteiger charge is -2.40. The minimum absolute atomic E-state index is 0.128. The number of carbonyl (C=O) groups is 1. The van der Waals surface area contributed by atoms with Gasteiger partial charge in [0.25, 0.3) is 0 Å². The van der Waals surface area contributed by atoms with Crippen molar-refractivity contribution in [1.29, 1.82) is 0 Å². The molecule has 8 unspecified atom stereocenters. The van der Waals surface area contributed by atoms with Gasteiger partial charge in [-0.3, -0.25) is 0 Å². The molecule has 41 heavy (non-hydrogen) atoms. The maximum atomic E-state index is 12.5. The Hall–Kier alpha value is -3.21. The van der Waals surface area contributed by atoms with Gasteiger partial charge in [-0.2, -0.15) is 0 Å². The van der Waals surface area contributed by atoms with Gasteiger partial charge in [-0.05, 0) is 42.5 Å². The van der Waals surface area contributed by atoms with E-state index in [1.54, 1.807) is 24.3 Å². The zero-order valence-electron chi connectivity index (χ0n) is 22.6. The minimum atomic E-state index is -2.00. The molecular weight excluding hydrogens is 548 g/mol.